The van der Waals surface area contributed by atoms with Crippen LogP contribution >= 0.6 is 0 Å². The van der Waals surface area contributed by atoms with Crippen molar-refractivity contribution in [3.63, 3.8) is 0 Å². The maximum atomic E-state index is 13.1. The Hall–Kier alpha value is -1.38. The average molecular weight is 182 g/mol. The van der Waals surface area contributed by atoms with Gasteiger partial charge in [-0.15, -0.1) is 0 Å². The number of phenols is 1. The Bertz CT molecular complexity index is 310. The summed E-state index contributed by atoms with van der Waals surface area (Å²) in [5.74, 6) is -0.702. The Kier molecular flexibility index (Phi) is 3.01. The molecule has 0 radical (unpaired) electrons. The van der Waals surface area contributed by atoms with Crippen LogP contribution in [0.15, 0.2) is 18.2 Å². The molecule has 1 rings (SSSR count). The first-order valence-corrected chi connectivity index (χ1v) is 4.07. The molecular formula is C10H11FO2. The van der Waals surface area contributed by atoms with Crippen LogP contribution in [0.2, 0.25) is 0 Å². The largest absolute Gasteiger partial charge is 0.508 e. The predicted octanol–water partition coefficient (Wildman–Crippen LogP) is 2.22. The first-order chi connectivity index (χ1) is 6.15. The third kappa shape index (κ3) is 2.28. The summed E-state index contributed by atoms with van der Waals surface area (Å²) in [7, 11) is 0. The number of carbonyl (C=O) groups excluding carboxylic acids is 1. The molecule has 70 valence electrons. The Morgan fingerprint density at radius 1 is 1.62 bits per heavy atom. The second-order valence-corrected chi connectivity index (χ2v) is 3.01. The molecule has 0 saturated heterocycles. The van der Waals surface area contributed by atoms with Crippen LogP contribution in [0.4, 0.5) is 4.39 Å². The summed E-state index contributed by atoms with van der Waals surface area (Å²) in [4.78, 5) is 10.2. The van der Waals surface area contributed by atoms with Crippen LogP contribution in [0.1, 0.15) is 24.8 Å². The van der Waals surface area contributed by atoms with Crippen LogP contribution in [-0.4, -0.2) is 11.4 Å². The molecule has 0 saturated carbocycles. The fraction of sp³-hybridized carbons (Fsp3) is 0.300. The van der Waals surface area contributed by atoms with Crippen molar-refractivity contribution in [1.29, 1.82) is 0 Å². The summed E-state index contributed by atoms with van der Waals surface area (Å²) in [6.07, 6.45) is 1.05. The molecule has 2 nitrogen and oxygen atoms in total. The summed E-state index contributed by atoms with van der Waals surface area (Å²) < 4.78 is 13.1. The van der Waals surface area contributed by atoms with Crippen LogP contribution in [0, 0.1) is 5.82 Å². The lowest BCUT2D eigenvalue weighted by Crippen LogP contribution is -1.97. The Balaban J connectivity index is 2.94. The van der Waals surface area contributed by atoms with Crippen LogP contribution in [0.25, 0.3) is 0 Å². The van der Waals surface area contributed by atoms with Crippen molar-refractivity contribution < 1.29 is 14.3 Å². The lowest BCUT2D eigenvalue weighted by Gasteiger charge is -2.09. The molecule has 0 aromatic heterocycles. The topological polar surface area (TPSA) is 37.3 Å². The van der Waals surface area contributed by atoms with E-state index in [0.717, 1.165) is 12.4 Å². The van der Waals surface area contributed by atoms with Gasteiger partial charge in [-0.05, 0) is 17.5 Å². The summed E-state index contributed by atoms with van der Waals surface area (Å²) in [6, 6.07) is 3.97. The highest BCUT2D eigenvalue weighted by Gasteiger charge is 2.10. The third-order valence-electron chi connectivity index (χ3n) is 1.96. The molecule has 0 heterocycles. The second kappa shape index (κ2) is 4.03. The van der Waals surface area contributed by atoms with E-state index < -0.39 is 5.82 Å². The Morgan fingerprint density at radius 2 is 2.31 bits per heavy atom. The van der Waals surface area contributed by atoms with Gasteiger partial charge in [0.2, 0.25) is 0 Å². The monoisotopic (exact) mass is 182 g/mol. The van der Waals surface area contributed by atoms with Gasteiger partial charge in [-0.2, -0.15) is 0 Å². The van der Waals surface area contributed by atoms with E-state index in [9.17, 15) is 9.18 Å². The van der Waals surface area contributed by atoms with E-state index in [2.05, 4.69) is 0 Å². The van der Waals surface area contributed by atoms with Gasteiger partial charge in [0, 0.05) is 12.5 Å². The summed E-state index contributed by atoms with van der Waals surface area (Å²) >= 11 is 0. The van der Waals surface area contributed by atoms with Crippen molar-refractivity contribution >= 4 is 6.29 Å². The fourth-order valence-electron chi connectivity index (χ4n) is 1.19. The zero-order chi connectivity index (χ0) is 9.84. The molecule has 1 atom stereocenters. The van der Waals surface area contributed by atoms with Gasteiger partial charge in [-0.25, -0.2) is 4.39 Å². The van der Waals surface area contributed by atoms with Gasteiger partial charge in [-0.1, -0.05) is 13.0 Å². The fourth-order valence-corrected chi connectivity index (χ4v) is 1.19. The van der Waals surface area contributed by atoms with Crippen molar-refractivity contribution in [2.24, 2.45) is 0 Å². The van der Waals surface area contributed by atoms with Gasteiger partial charge >= 0.3 is 0 Å². The van der Waals surface area contributed by atoms with Gasteiger partial charge < -0.3 is 9.90 Å². The minimum atomic E-state index is -0.464. The average Bonchev–Trinajstić information content (AvgIpc) is 2.04. The van der Waals surface area contributed by atoms with Crippen LogP contribution in [0.5, 0.6) is 5.75 Å². The minimum Gasteiger partial charge on any atom is -0.508 e. The maximum absolute atomic E-state index is 13.1. The molecule has 1 aromatic rings. The molecule has 1 aromatic carbocycles. The first kappa shape index (κ1) is 9.71. The zero-order valence-electron chi connectivity index (χ0n) is 7.33. The molecule has 1 unspecified atom stereocenters. The number of aldehydes is 1. The summed E-state index contributed by atoms with van der Waals surface area (Å²) in [6.45, 7) is 1.77. The van der Waals surface area contributed by atoms with E-state index in [1.807, 2.05) is 0 Å². The lowest BCUT2D eigenvalue weighted by molar-refractivity contribution is -0.108. The smallest absolute Gasteiger partial charge is 0.130 e. The first-order valence-electron chi connectivity index (χ1n) is 4.07. The number of phenolic OH excluding ortho intramolecular Hbond substituents is 1. The van der Waals surface area contributed by atoms with Gasteiger partial charge in [0.15, 0.2) is 0 Å². The second-order valence-electron chi connectivity index (χ2n) is 3.01. The number of aromatic hydroxyl groups is 1. The normalized spacial score (nSPS) is 12.5. The Labute approximate surface area is 76.0 Å². The number of carbonyl (C=O) groups is 1. The highest BCUT2D eigenvalue weighted by molar-refractivity contribution is 5.51. The van der Waals surface area contributed by atoms with Gasteiger partial charge in [0.05, 0.1) is 0 Å². The number of benzene rings is 1. The van der Waals surface area contributed by atoms with Gasteiger partial charge in [0.1, 0.15) is 17.9 Å². The molecule has 0 amide bonds. The summed E-state index contributed by atoms with van der Waals surface area (Å²) in [5.41, 5.74) is 0.463. The van der Waals surface area contributed by atoms with Gasteiger partial charge in [0.25, 0.3) is 0 Å². The molecule has 13 heavy (non-hydrogen) atoms. The lowest BCUT2D eigenvalue weighted by atomic mass is 9.98. The minimum absolute atomic E-state index is 0.0976. The molecule has 0 aliphatic rings. The van der Waals surface area contributed by atoms with E-state index in [4.69, 9.17) is 5.11 Å². The highest BCUT2D eigenvalue weighted by Crippen LogP contribution is 2.23. The van der Waals surface area contributed by atoms with Crippen LogP contribution < -0.4 is 0 Å². The molecule has 1 N–H and O–H groups in total. The van der Waals surface area contributed by atoms with Crippen molar-refractivity contribution in [3.05, 3.63) is 29.6 Å². The van der Waals surface area contributed by atoms with E-state index in [1.165, 1.54) is 12.1 Å². The molecule has 0 aliphatic heterocycles. The van der Waals surface area contributed by atoms with E-state index in [-0.39, 0.29) is 11.7 Å². The quantitative estimate of drug-likeness (QED) is 0.728. The SMILES string of the molecule is CC(CC=O)c1ccc(O)cc1F. The number of halogens is 1. The van der Waals surface area contributed by atoms with E-state index >= 15 is 0 Å². The van der Waals surface area contributed by atoms with Crippen molar-refractivity contribution in [2.45, 2.75) is 19.3 Å². The molecule has 0 fully saturated rings. The molecule has 3 heteroatoms. The van der Waals surface area contributed by atoms with Crippen LogP contribution in [-0.2, 0) is 4.79 Å². The summed E-state index contributed by atoms with van der Waals surface area (Å²) in [5, 5.41) is 8.94. The van der Waals surface area contributed by atoms with Crippen molar-refractivity contribution in [3.8, 4) is 5.75 Å². The van der Waals surface area contributed by atoms with Crippen molar-refractivity contribution in [2.75, 3.05) is 0 Å². The number of hydrogen-bond acceptors (Lipinski definition) is 2. The third-order valence-corrected chi connectivity index (χ3v) is 1.96. The zero-order valence-corrected chi connectivity index (χ0v) is 7.33. The molecule has 0 bridgehead atoms. The molecule has 0 spiro atoms. The standard InChI is InChI=1S/C10H11FO2/c1-7(4-5-12)9-3-2-8(13)6-10(9)11/h2-3,5-7,13H,4H2,1H3. The maximum Gasteiger partial charge on any atom is 0.130 e. The van der Waals surface area contributed by atoms with Crippen molar-refractivity contribution in [1.82, 2.24) is 0 Å². The number of rotatable bonds is 3. The Morgan fingerprint density at radius 3 is 2.85 bits per heavy atom. The highest BCUT2D eigenvalue weighted by atomic mass is 19.1. The predicted molar refractivity (Wildman–Crippen MR) is 47.2 cm³/mol. The number of hydrogen-bond donors (Lipinski definition) is 1. The molecular weight excluding hydrogens is 171 g/mol. The molecule has 0 aliphatic carbocycles. The van der Waals surface area contributed by atoms with E-state index in [1.54, 1.807) is 6.92 Å². The van der Waals surface area contributed by atoms with Crippen LogP contribution in [0.3, 0.4) is 0 Å². The van der Waals surface area contributed by atoms with Gasteiger partial charge in [-0.3, -0.25) is 0 Å². The van der Waals surface area contributed by atoms with E-state index in [0.29, 0.717) is 12.0 Å².